The summed E-state index contributed by atoms with van der Waals surface area (Å²) in [5, 5.41) is 6.29. The van der Waals surface area contributed by atoms with Gasteiger partial charge in [0.1, 0.15) is 5.82 Å². The Morgan fingerprint density at radius 2 is 2.21 bits per heavy atom. The minimum atomic E-state index is 0.560. The van der Waals surface area contributed by atoms with Crippen LogP contribution < -0.4 is 10.6 Å². The monoisotopic (exact) mass is 318 g/mol. The molecule has 0 aliphatic heterocycles. The van der Waals surface area contributed by atoms with Gasteiger partial charge in [0.25, 0.3) is 0 Å². The van der Waals surface area contributed by atoms with Gasteiger partial charge in [-0.05, 0) is 30.7 Å². The van der Waals surface area contributed by atoms with Crippen molar-refractivity contribution in [1.82, 2.24) is 9.97 Å². The van der Waals surface area contributed by atoms with Crippen LogP contribution in [0.1, 0.15) is 5.56 Å². The van der Waals surface area contributed by atoms with Crippen LogP contribution in [0.3, 0.4) is 0 Å². The summed E-state index contributed by atoms with van der Waals surface area (Å²) in [7, 11) is 0. The molecule has 98 valence electrons. The van der Waals surface area contributed by atoms with Gasteiger partial charge in [-0.2, -0.15) is 4.98 Å². The molecule has 5 heteroatoms. The summed E-state index contributed by atoms with van der Waals surface area (Å²) in [5.74, 6) is 1.33. The zero-order chi connectivity index (χ0) is 13.7. The Morgan fingerprint density at radius 3 is 2.95 bits per heavy atom. The standard InChI is InChI=1S/C14H15BrN4/c1-3-7-16-13-6-8-17-14(19-13)18-11-5-4-10(2)12(15)9-11/h3-6,8-9H,1,7H2,2H3,(H2,16,17,18,19). The van der Waals surface area contributed by atoms with Gasteiger partial charge in [-0.15, -0.1) is 6.58 Å². The van der Waals surface area contributed by atoms with Gasteiger partial charge in [-0.25, -0.2) is 4.98 Å². The maximum Gasteiger partial charge on any atom is 0.229 e. The molecule has 1 aromatic carbocycles. The second-order valence-electron chi connectivity index (χ2n) is 4.02. The molecule has 0 saturated carbocycles. The summed E-state index contributed by atoms with van der Waals surface area (Å²) in [5.41, 5.74) is 2.13. The highest BCUT2D eigenvalue weighted by atomic mass is 79.9. The highest BCUT2D eigenvalue weighted by molar-refractivity contribution is 9.10. The molecule has 0 aliphatic carbocycles. The average Bonchev–Trinajstić information content (AvgIpc) is 2.41. The maximum atomic E-state index is 4.36. The Balaban J connectivity index is 2.13. The fourth-order valence-electron chi connectivity index (χ4n) is 1.49. The summed E-state index contributed by atoms with van der Waals surface area (Å²) < 4.78 is 1.05. The van der Waals surface area contributed by atoms with E-state index < -0.39 is 0 Å². The number of aryl methyl sites for hydroxylation is 1. The molecule has 1 aromatic heterocycles. The van der Waals surface area contributed by atoms with Gasteiger partial charge in [0.2, 0.25) is 5.95 Å². The zero-order valence-electron chi connectivity index (χ0n) is 10.7. The number of aromatic nitrogens is 2. The van der Waals surface area contributed by atoms with Crippen molar-refractivity contribution in [3.63, 3.8) is 0 Å². The summed E-state index contributed by atoms with van der Waals surface area (Å²) in [4.78, 5) is 8.55. The Hall–Kier alpha value is -1.88. The van der Waals surface area contributed by atoms with E-state index in [1.54, 1.807) is 12.3 Å². The Morgan fingerprint density at radius 1 is 1.37 bits per heavy atom. The maximum absolute atomic E-state index is 4.36. The van der Waals surface area contributed by atoms with E-state index in [4.69, 9.17) is 0 Å². The van der Waals surface area contributed by atoms with Crippen LogP contribution in [0.2, 0.25) is 0 Å². The lowest BCUT2D eigenvalue weighted by Crippen LogP contribution is -2.03. The Kier molecular flexibility index (Phi) is 4.52. The van der Waals surface area contributed by atoms with E-state index in [-0.39, 0.29) is 0 Å². The summed E-state index contributed by atoms with van der Waals surface area (Å²) in [6, 6.07) is 7.85. The number of anilines is 3. The van der Waals surface area contributed by atoms with Crippen molar-refractivity contribution in [2.75, 3.05) is 17.2 Å². The van der Waals surface area contributed by atoms with Gasteiger partial charge < -0.3 is 10.6 Å². The summed E-state index contributed by atoms with van der Waals surface area (Å²) in [6.07, 6.45) is 3.50. The van der Waals surface area contributed by atoms with Crippen molar-refractivity contribution in [2.45, 2.75) is 6.92 Å². The first-order chi connectivity index (χ1) is 9.19. The minimum absolute atomic E-state index is 0.560. The van der Waals surface area contributed by atoms with Crippen molar-refractivity contribution in [3.05, 3.63) is 53.2 Å². The van der Waals surface area contributed by atoms with Crippen LogP contribution in [0, 0.1) is 6.92 Å². The average molecular weight is 319 g/mol. The van der Waals surface area contributed by atoms with Crippen LogP contribution >= 0.6 is 15.9 Å². The lowest BCUT2D eigenvalue weighted by molar-refractivity contribution is 1.14. The molecule has 2 N–H and O–H groups in total. The van der Waals surface area contributed by atoms with Crippen molar-refractivity contribution >= 4 is 33.4 Å². The van der Waals surface area contributed by atoms with Gasteiger partial charge in [0, 0.05) is 22.9 Å². The largest absolute Gasteiger partial charge is 0.366 e. The van der Waals surface area contributed by atoms with Crippen molar-refractivity contribution in [3.8, 4) is 0 Å². The number of rotatable bonds is 5. The fraction of sp³-hybridized carbons (Fsp3) is 0.143. The SMILES string of the molecule is C=CCNc1ccnc(Nc2ccc(C)c(Br)c2)n1. The molecule has 19 heavy (non-hydrogen) atoms. The van der Waals surface area contributed by atoms with E-state index in [9.17, 15) is 0 Å². The minimum Gasteiger partial charge on any atom is -0.366 e. The van der Waals surface area contributed by atoms with Crippen LogP contribution in [-0.4, -0.2) is 16.5 Å². The van der Waals surface area contributed by atoms with Crippen LogP contribution in [0.15, 0.2) is 47.6 Å². The molecule has 0 unspecified atom stereocenters. The third-order valence-electron chi connectivity index (χ3n) is 2.51. The summed E-state index contributed by atoms with van der Waals surface area (Å²) in [6.45, 7) is 6.38. The van der Waals surface area contributed by atoms with Gasteiger partial charge >= 0.3 is 0 Å². The molecule has 2 rings (SSSR count). The first-order valence-electron chi connectivity index (χ1n) is 5.90. The molecule has 0 bridgehead atoms. The predicted molar refractivity (Wildman–Crippen MR) is 82.9 cm³/mol. The van der Waals surface area contributed by atoms with E-state index in [2.05, 4.69) is 43.1 Å². The lowest BCUT2D eigenvalue weighted by Gasteiger charge is -2.08. The number of nitrogens with zero attached hydrogens (tertiary/aromatic N) is 2. The third kappa shape index (κ3) is 3.79. The molecule has 2 aromatic rings. The predicted octanol–water partition coefficient (Wildman–Crippen LogP) is 3.89. The van der Waals surface area contributed by atoms with Gasteiger partial charge in [0.05, 0.1) is 0 Å². The van der Waals surface area contributed by atoms with Crippen molar-refractivity contribution < 1.29 is 0 Å². The second kappa shape index (κ2) is 6.33. The molecular formula is C14H15BrN4. The lowest BCUT2D eigenvalue weighted by atomic mass is 10.2. The molecule has 1 heterocycles. The van der Waals surface area contributed by atoms with E-state index in [0.717, 1.165) is 16.0 Å². The van der Waals surface area contributed by atoms with Crippen LogP contribution in [-0.2, 0) is 0 Å². The number of hydrogen-bond acceptors (Lipinski definition) is 4. The number of benzene rings is 1. The van der Waals surface area contributed by atoms with Gasteiger partial charge in [-0.3, -0.25) is 0 Å². The number of halogens is 1. The van der Waals surface area contributed by atoms with Crippen LogP contribution in [0.25, 0.3) is 0 Å². The normalized spacial score (nSPS) is 10.0. The third-order valence-corrected chi connectivity index (χ3v) is 3.37. The van der Waals surface area contributed by atoms with Gasteiger partial charge in [0.15, 0.2) is 0 Å². The first kappa shape index (κ1) is 13.5. The Bertz CT molecular complexity index is 583. The fourth-order valence-corrected chi connectivity index (χ4v) is 1.87. The molecule has 0 amide bonds. The molecule has 0 aliphatic rings. The van der Waals surface area contributed by atoms with Crippen molar-refractivity contribution in [1.29, 1.82) is 0 Å². The number of hydrogen-bond donors (Lipinski definition) is 2. The Labute approximate surface area is 121 Å². The molecule has 0 fully saturated rings. The summed E-state index contributed by atoms with van der Waals surface area (Å²) >= 11 is 3.50. The quantitative estimate of drug-likeness (QED) is 0.821. The highest BCUT2D eigenvalue weighted by Crippen LogP contribution is 2.22. The molecule has 0 radical (unpaired) electrons. The van der Waals surface area contributed by atoms with E-state index in [1.165, 1.54) is 5.56 Å². The highest BCUT2D eigenvalue weighted by Gasteiger charge is 2.01. The van der Waals surface area contributed by atoms with Crippen LogP contribution in [0.5, 0.6) is 0 Å². The molecule has 0 saturated heterocycles. The number of nitrogens with one attached hydrogen (secondary N) is 2. The van der Waals surface area contributed by atoms with E-state index >= 15 is 0 Å². The molecule has 4 nitrogen and oxygen atoms in total. The van der Waals surface area contributed by atoms with E-state index in [1.807, 2.05) is 31.2 Å². The molecule has 0 atom stereocenters. The smallest absolute Gasteiger partial charge is 0.229 e. The van der Waals surface area contributed by atoms with Crippen LogP contribution in [0.4, 0.5) is 17.5 Å². The molecular weight excluding hydrogens is 304 g/mol. The molecule has 0 spiro atoms. The first-order valence-corrected chi connectivity index (χ1v) is 6.69. The van der Waals surface area contributed by atoms with E-state index in [0.29, 0.717) is 12.5 Å². The zero-order valence-corrected chi connectivity index (χ0v) is 12.2. The second-order valence-corrected chi connectivity index (χ2v) is 4.88. The van der Waals surface area contributed by atoms with Crippen molar-refractivity contribution in [2.24, 2.45) is 0 Å². The van der Waals surface area contributed by atoms with Gasteiger partial charge in [-0.1, -0.05) is 28.1 Å². The topological polar surface area (TPSA) is 49.8 Å².